The van der Waals surface area contributed by atoms with E-state index in [2.05, 4.69) is 10.0 Å². The van der Waals surface area contributed by atoms with E-state index in [1.54, 1.807) is 24.0 Å². The van der Waals surface area contributed by atoms with Crippen molar-refractivity contribution < 1.29 is 27.4 Å². The first-order valence-electron chi connectivity index (χ1n) is 10.4. The normalized spacial score (nSPS) is 20.9. The number of amides is 1. The van der Waals surface area contributed by atoms with Crippen LogP contribution in [-0.2, 0) is 14.8 Å². The zero-order chi connectivity index (χ0) is 21.7. The van der Waals surface area contributed by atoms with Crippen LogP contribution >= 0.6 is 0 Å². The number of nitrogens with one attached hydrogen (secondary N) is 2. The van der Waals surface area contributed by atoms with Crippen molar-refractivity contribution in [2.75, 3.05) is 25.4 Å². The zero-order valence-electron chi connectivity index (χ0n) is 17.1. The SMILES string of the molecule is C[C@H](NS(=O)(=O)CCCCCN1CC(=O)NC1O)c1cc(OCC2CC2)ccc1F. The Balaban J connectivity index is 1.42. The first-order chi connectivity index (χ1) is 14.2. The molecule has 8 nitrogen and oxygen atoms in total. The minimum atomic E-state index is -3.58. The Morgan fingerprint density at radius 2 is 2.10 bits per heavy atom. The van der Waals surface area contributed by atoms with Gasteiger partial charge in [-0.05, 0) is 56.7 Å². The average Bonchev–Trinajstić information content (AvgIpc) is 3.44. The Morgan fingerprint density at radius 1 is 1.33 bits per heavy atom. The van der Waals surface area contributed by atoms with Crippen LogP contribution in [0.4, 0.5) is 4.39 Å². The fourth-order valence-corrected chi connectivity index (χ4v) is 4.74. The van der Waals surface area contributed by atoms with Crippen LogP contribution in [0, 0.1) is 11.7 Å². The summed E-state index contributed by atoms with van der Waals surface area (Å²) in [7, 11) is -3.58. The number of halogens is 1. The largest absolute Gasteiger partial charge is 0.493 e. The molecule has 2 aliphatic rings. The molecule has 1 saturated carbocycles. The molecular weight excluding hydrogens is 413 g/mol. The summed E-state index contributed by atoms with van der Waals surface area (Å²) in [5.41, 5.74) is 0.257. The van der Waals surface area contributed by atoms with E-state index in [1.165, 1.54) is 6.07 Å². The second-order valence-electron chi connectivity index (χ2n) is 8.07. The van der Waals surface area contributed by atoms with E-state index in [-0.39, 0.29) is 23.8 Å². The number of carbonyl (C=O) groups excluding carboxylic acids is 1. The topological polar surface area (TPSA) is 108 Å². The maximum absolute atomic E-state index is 14.2. The second-order valence-corrected chi connectivity index (χ2v) is 9.94. The summed E-state index contributed by atoms with van der Waals surface area (Å²) in [6.45, 7) is 2.86. The van der Waals surface area contributed by atoms with Gasteiger partial charge in [-0.3, -0.25) is 9.69 Å². The maximum atomic E-state index is 14.2. The first kappa shape index (κ1) is 22.9. The Morgan fingerprint density at radius 3 is 2.77 bits per heavy atom. The highest BCUT2D eigenvalue weighted by molar-refractivity contribution is 7.89. The van der Waals surface area contributed by atoms with Gasteiger partial charge in [0.1, 0.15) is 11.6 Å². The Hall–Kier alpha value is -1.75. The third kappa shape index (κ3) is 6.90. The van der Waals surface area contributed by atoms with Crippen molar-refractivity contribution in [3.63, 3.8) is 0 Å². The molecule has 1 amide bonds. The number of ether oxygens (including phenoxy) is 1. The molecule has 1 saturated heterocycles. The molecule has 0 aromatic heterocycles. The van der Waals surface area contributed by atoms with Gasteiger partial charge in [-0.15, -0.1) is 0 Å². The van der Waals surface area contributed by atoms with Crippen molar-refractivity contribution in [3.8, 4) is 5.75 Å². The lowest BCUT2D eigenvalue weighted by atomic mass is 10.1. The highest BCUT2D eigenvalue weighted by atomic mass is 32.2. The molecular formula is C20H30FN3O5S. The van der Waals surface area contributed by atoms with Crippen molar-refractivity contribution in [3.05, 3.63) is 29.6 Å². The maximum Gasteiger partial charge on any atom is 0.237 e. The quantitative estimate of drug-likeness (QED) is 0.422. The molecule has 0 bridgehead atoms. The fourth-order valence-electron chi connectivity index (χ4n) is 3.37. The molecule has 0 radical (unpaired) electrons. The van der Waals surface area contributed by atoms with Gasteiger partial charge in [-0.25, -0.2) is 17.5 Å². The minimum absolute atomic E-state index is 0.0729. The summed E-state index contributed by atoms with van der Waals surface area (Å²) in [6.07, 6.45) is 3.05. The standard InChI is InChI=1S/C20H30FN3O5S/c1-14(17-11-16(7-8-18(17)21)29-13-15-5-6-15)23-30(27,28)10-4-2-3-9-24-12-19(25)22-20(24)26/h7-8,11,14-15,20,23,26H,2-6,9-10,12-13H2,1H3,(H,22,25)/t14-,20?/m0/s1. The molecule has 1 aromatic carbocycles. The van der Waals surface area contributed by atoms with Crippen LogP contribution in [0.15, 0.2) is 18.2 Å². The predicted molar refractivity (Wildman–Crippen MR) is 110 cm³/mol. The monoisotopic (exact) mass is 443 g/mol. The van der Waals surface area contributed by atoms with E-state index >= 15 is 0 Å². The van der Waals surface area contributed by atoms with Gasteiger partial charge in [-0.1, -0.05) is 6.42 Å². The van der Waals surface area contributed by atoms with Crippen LogP contribution in [0.3, 0.4) is 0 Å². The third-order valence-electron chi connectivity index (χ3n) is 5.31. The number of sulfonamides is 1. The minimum Gasteiger partial charge on any atom is -0.493 e. The Bertz CT molecular complexity index is 847. The molecule has 1 unspecified atom stereocenters. The number of benzene rings is 1. The fraction of sp³-hybridized carbons (Fsp3) is 0.650. The Labute approximate surface area is 176 Å². The molecule has 168 valence electrons. The number of carbonyl (C=O) groups is 1. The molecule has 1 heterocycles. The highest BCUT2D eigenvalue weighted by Gasteiger charge is 2.27. The summed E-state index contributed by atoms with van der Waals surface area (Å²) < 4.78 is 47.2. The van der Waals surface area contributed by atoms with Crippen LogP contribution in [-0.4, -0.2) is 56.1 Å². The predicted octanol–water partition coefficient (Wildman–Crippen LogP) is 1.47. The van der Waals surface area contributed by atoms with Crippen molar-refractivity contribution in [2.24, 2.45) is 5.92 Å². The number of rotatable bonds is 12. The van der Waals surface area contributed by atoms with Crippen molar-refractivity contribution in [1.29, 1.82) is 0 Å². The molecule has 10 heteroatoms. The lowest BCUT2D eigenvalue weighted by Gasteiger charge is -2.18. The summed E-state index contributed by atoms with van der Waals surface area (Å²) >= 11 is 0. The molecule has 1 aromatic rings. The van der Waals surface area contributed by atoms with E-state index in [0.29, 0.717) is 44.1 Å². The van der Waals surface area contributed by atoms with E-state index < -0.39 is 28.2 Å². The van der Waals surface area contributed by atoms with E-state index in [4.69, 9.17) is 4.74 Å². The molecule has 3 rings (SSSR count). The lowest BCUT2D eigenvalue weighted by molar-refractivity contribution is -0.119. The van der Waals surface area contributed by atoms with Crippen LogP contribution in [0.5, 0.6) is 5.75 Å². The van der Waals surface area contributed by atoms with Crippen LogP contribution in [0.25, 0.3) is 0 Å². The summed E-state index contributed by atoms with van der Waals surface area (Å²) in [4.78, 5) is 12.8. The van der Waals surface area contributed by atoms with Gasteiger partial charge in [0.25, 0.3) is 0 Å². The average molecular weight is 444 g/mol. The highest BCUT2D eigenvalue weighted by Crippen LogP contribution is 2.30. The van der Waals surface area contributed by atoms with Gasteiger partial charge in [-0.2, -0.15) is 0 Å². The van der Waals surface area contributed by atoms with Crippen LogP contribution in [0.1, 0.15) is 50.6 Å². The van der Waals surface area contributed by atoms with E-state index in [9.17, 15) is 22.7 Å². The van der Waals surface area contributed by atoms with Gasteiger partial charge in [0, 0.05) is 18.2 Å². The summed E-state index contributed by atoms with van der Waals surface area (Å²) in [6, 6.07) is 3.70. The first-order valence-corrected chi connectivity index (χ1v) is 12.0. The number of aliphatic hydroxyl groups is 1. The van der Waals surface area contributed by atoms with Gasteiger partial charge in [0.05, 0.1) is 18.9 Å². The van der Waals surface area contributed by atoms with Gasteiger partial charge in [0.2, 0.25) is 15.9 Å². The molecule has 2 fully saturated rings. The van der Waals surface area contributed by atoms with E-state index in [1.807, 2.05) is 0 Å². The van der Waals surface area contributed by atoms with Crippen molar-refractivity contribution >= 4 is 15.9 Å². The van der Waals surface area contributed by atoms with Crippen molar-refractivity contribution in [1.82, 2.24) is 14.9 Å². The third-order valence-corrected chi connectivity index (χ3v) is 6.85. The molecule has 1 aliphatic carbocycles. The molecule has 3 N–H and O–H groups in total. The second kappa shape index (κ2) is 10.0. The lowest BCUT2D eigenvalue weighted by Crippen LogP contribution is -2.36. The smallest absolute Gasteiger partial charge is 0.237 e. The molecule has 1 aliphatic heterocycles. The van der Waals surface area contributed by atoms with Crippen LogP contribution < -0.4 is 14.8 Å². The summed E-state index contributed by atoms with van der Waals surface area (Å²) in [5.74, 6) is 0.339. The molecule has 2 atom stereocenters. The zero-order valence-corrected chi connectivity index (χ0v) is 18.0. The molecule has 0 spiro atoms. The number of nitrogens with zero attached hydrogens (tertiary/aromatic N) is 1. The number of hydrogen-bond acceptors (Lipinski definition) is 6. The van der Waals surface area contributed by atoms with Gasteiger partial charge >= 0.3 is 0 Å². The van der Waals surface area contributed by atoms with Crippen LogP contribution in [0.2, 0.25) is 0 Å². The number of hydrogen-bond donors (Lipinski definition) is 3. The number of unbranched alkanes of at least 4 members (excludes halogenated alkanes) is 2. The number of aliphatic hydroxyl groups excluding tert-OH is 1. The summed E-state index contributed by atoms with van der Waals surface area (Å²) in [5, 5.41) is 12.0. The Kier molecular flexibility index (Phi) is 7.67. The molecule has 30 heavy (non-hydrogen) atoms. The van der Waals surface area contributed by atoms with Gasteiger partial charge < -0.3 is 15.2 Å². The van der Waals surface area contributed by atoms with Gasteiger partial charge in [0.15, 0.2) is 6.35 Å². The van der Waals surface area contributed by atoms with E-state index in [0.717, 1.165) is 12.8 Å². The van der Waals surface area contributed by atoms with Crippen molar-refractivity contribution in [2.45, 2.75) is 51.4 Å².